The second-order valence-electron chi connectivity index (χ2n) is 4.96. The van der Waals surface area contributed by atoms with Crippen molar-refractivity contribution in [3.8, 4) is 0 Å². The standard InChI is InChI=1S/C14H22N2/c1-4-16-8-7-13-9-12(10-15(2)3)5-6-14(13)11-16/h5-6,9H,4,7-8,10-11H2,1-3H3. The van der Waals surface area contributed by atoms with E-state index in [0.717, 1.165) is 13.1 Å². The highest BCUT2D eigenvalue weighted by Gasteiger charge is 2.14. The molecule has 0 spiro atoms. The van der Waals surface area contributed by atoms with E-state index >= 15 is 0 Å². The molecule has 2 heteroatoms. The molecule has 0 amide bonds. The molecule has 0 radical (unpaired) electrons. The van der Waals surface area contributed by atoms with Gasteiger partial charge in [-0.3, -0.25) is 4.90 Å². The third kappa shape index (κ3) is 2.63. The first-order valence-electron chi connectivity index (χ1n) is 6.17. The minimum atomic E-state index is 1.05. The Kier molecular flexibility index (Phi) is 3.62. The van der Waals surface area contributed by atoms with Gasteiger partial charge in [-0.2, -0.15) is 0 Å². The third-order valence-corrected chi connectivity index (χ3v) is 3.31. The fourth-order valence-electron chi connectivity index (χ4n) is 2.40. The van der Waals surface area contributed by atoms with Crippen molar-refractivity contribution in [2.45, 2.75) is 26.4 Å². The van der Waals surface area contributed by atoms with Crippen molar-refractivity contribution in [2.75, 3.05) is 27.2 Å². The quantitative estimate of drug-likeness (QED) is 0.767. The van der Waals surface area contributed by atoms with Gasteiger partial charge in [0.1, 0.15) is 0 Å². The first-order valence-corrected chi connectivity index (χ1v) is 6.17. The van der Waals surface area contributed by atoms with Gasteiger partial charge in [-0.15, -0.1) is 0 Å². The topological polar surface area (TPSA) is 6.48 Å². The summed E-state index contributed by atoms with van der Waals surface area (Å²) >= 11 is 0. The average molecular weight is 218 g/mol. The first-order chi connectivity index (χ1) is 7.69. The molecule has 1 aromatic carbocycles. The molecule has 2 nitrogen and oxygen atoms in total. The van der Waals surface area contributed by atoms with Crippen molar-refractivity contribution in [1.82, 2.24) is 9.80 Å². The lowest BCUT2D eigenvalue weighted by Gasteiger charge is -2.28. The molecule has 1 aromatic rings. The molecule has 0 aromatic heterocycles. The number of fused-ring (bicyclic) bond motifs is 1. The second-order valence-corrected chi connectivity index (χ2v) is 4.96. The highest BCUT2D eigenvalue weighted by molar-refractivity contribution is 5.33. The van der Waals surface area contributed by atoms with Gasteiger partial charge in [0, 0.05) is 19.6 Å². The Labute approximate surface area is 98.9 Å². The molecule has 1 aliphatic heterocycles. The summed E-state index contributed by atoms with van der Waals surface area (Å²) in [6.07, 6.45) is 1.21. The summed E-state index contributed by atoms with van der Waals surface area (Å²) in [6, 6.07) is 6.98. The molecule has 2 rings (SSSR count). The van der Waals surface area contributed by atoms with E-state index < -0.39 is 0 Å². The predicted molar refractivity (Wildman–Crippen MR) is 68.5 cm³/mol. The first kappa shape index (κ1) is 11.6. The molecule has 0 bridgehead atoms. The summed E-state index contributed by atoms with van der Waals surface area (Å²) in [7, 11) is 4.25. The third-order valence-electron chi connectivity index (χ3n) is 3.31. The van der Waals surface area contributed by atoms with E-state index in [1.165, 1.54) is 30.6 Å². The van der Waals surface area contributed by atoms with E-state index in [2.05, 4.69) is 49.0 Å². The SMILES string of the molecule is CCN1CCc2cc(CN(C)C)ccc2C1. The van der Waals surface area contributed by atoms with Crippen LogP contribution in [0.5, 0.6) is 0 Å². The summed E-state index contributed by atoms with van der Waals surface area (Å²) in [6.45, 7) is 6.80. The van der Waals surface area contributed by atoms with E-state index in [9.17, 15) is 0 Å². The molecule has 16 heavy (non-hydrogen) atoms. The van der Waals surface area contributed by atoms with Gasteiger partial charge < -0.3 is 4.90 Å². The molecule has 0 unspecified atom stereocenters. The molecule has 0 fully saturated rings. The number of benzene rings is 1. The number of nitrogens with zero attached hydrogens (tertiary/aromatic N) is 2. The van der Waals surface area contributed by atoms with Crippen LogP contribution in [0, 0.1) is 0 Å². The van der Waals surface area contributed by atoms with Crippen LogP contribution in [0.15, 0.2) is 18.2 Å². The van der Waals surface area contributed by atoms with Gasteiger partial charge in [0.05, 0.1) is 0 Å². The second kappa shape index (κ2) is 4.98. The van der Waals surface area contributed by atoms with Crippen LogP contribution in [0.1, 0.15) is 23.6 Å². The monoisotopic (exact) mass is 218 g/mol. The van der Waals surface area contributed by atoms with Crippen LogP contribution in [0.3, 0.4) is 0 Å². The van der Waals surface area contributed by atoms with E-state index in [0.29, 0.717) is 0 Å². The van der Waals surface area contributed by atoms with Crippen molar-refractivity contribution in [1.29, 1.82) is 0 Å². The lowest BCUT2D eigenvalue weighted by molar-refractivity contribution is 0.268. The van der Waals surface area contributed by atoms with Gasteiger partial charge in [-0.1, -0.05) is 25.1 Å². The number of hydrogen-bond donors (Lipinski definition) is 0. The predicted octanol–water partition coefficient (Wildman–Crippen LogP) is 2.13. The Hall–Kier alpha value is -0.860. The fraction of sp³-hybridized carbons (Fsp3) is 0.571. The highest BCUT2D eigenvalue weighted by atomic mass is 15.1. The van der Waals surface area contributed by atoms with Gasteiger partial charge >= 0.3 is 0 Å². The molecule has 1 heterocycles. The summed E-state index contributed by atoms with van der Waals surface area (Å²) in [5, 5.41) is 0. The number of likely N-dealkylation sites (N-methyl/N-ethyl adjacent to an activating group) is 1. The minimum Gasteiger partial charge on any atom is -0.305 e. The molecular formula is C14H22N2. The minimum absolute atomic E-state index is 1.05. The zero-order chi connectivity index (χ0) is 11.5. The van der Waals surface area contributed by atoms with Gasteiger partial charge in [0.15, 0.2) is 0 Å². The molecule has 0 saturated carbocycles. The lowest BCUT2D eigenvalue weighted by Crippen LogP contribution is -2.30. The van der Waals surface area contributed by atoms with Gasteiger partial charge in [-0.05, 0) is 43.8 Å². The van der Waals surface area contributed by atoms with Crippen LogP contribution in [-0.2, 0) is 19.5 Å². The maximum Gasteiger partial charge on any atom is 0.0236 e. The Morgan fingerprint density at radius 1 is 1.25 bits per heavy atom. The zero-order valence-electron chi connectivity index (χ0n) is 10.7. The van der Waals surface area contributed by atoms with E-state index in [1.54, 1.807) is 5.56 Å². The summed E-state index contributed by atoms with van der Waals surface area (Å²) in [4.78, 5) is 4.73. The van der Waals surface area contributed by atoms with Crippen LogP contribution in [0.25, 0.3) is 0 Å². The van der Waals surface area contributed by atoms with Gasteiger partial charge in [-0.25, -0.2) is 0 Å². The van der Waals surface area contributed by atoms with E-state index in [1.807, 2.05) is 0 Å². The number of hydrogen-bond acceptors (Lipinski definition) is 2. The molecule has 0 aliphatic carbocycles. The van der Waals surface area contributed by atoms with E-state index in [-0.39, 0.29) is 0 Å². The van der Waals surface area contributed by atoms with Gasteiger partial charge in [0.2, 0.25) is 0 Å². The van der Waals surface area contributed by atoms with Crippen LogP contribution in [0.2, 0.25) is 0 Å². The summed E-state index contributed by atoms with van der Waals surface area (Å²) in [5.74, 6) is 0. The van der Waals surface area contributed by atoms with Crippen LogP contribution >= 0.6 is 0 Å². The van der Waals surface area contributed by atoms with Gasteiger partial charge in [0.25, 0.3) is 0 Å². The Morgan fingerprint density at radius 2 is 2.06 bits per heavy atom. The smallest absolute Gasteiger partial charge is 0.0236 e. The maximum atomic E-state index is 2.51. The number of rotatable bonds is 3. The van der Waals surface area contributed by atoms with Crippen LogP contribution in [-0.4, -0.2) is 37.0 Å². The maximum absolute atomic E-state index is 2.51. The Bertz CT molecular complexity index is 358. The molecule has 0 saturated heterocycles. The van der Waals surface area contributed by atoms with Crippen LogP contribution in [0.4, 0.5) is 0 Å². The van der Waals surface area contributed by atoms with Crippen molar-refractivity contribution in [2.24, 2.45) is 0 Å². The Morgan fingerprint density at radius 3 is 2.75 bits per heavy atom. The molecule has 0 atom stereocenters. The highest BCUT2D eigenvalue weighted by Crippen LogP contribution is 2.20. The molecule has 0 N–H and O–H groups in total. The Balaban J connectivity index is 2.15. The fourth-order valence-corrected chi connectivity index (χ4v) is 2.40. The van der Waals surface area contributed by atoms with Crippen molar-refractivity contribution >= 4 is 0 Å². The van der Waals surface area contributed by atoms with Crippen LogP contribution < -0.4 is 0 Å². The van der Waals surface area contributed by atoms with Crippen molar-refractivity contribution < 1.29 is 0 Å². The largest absolute Gasteiger partial charge is 0.305 e. The summed E-state index contributed by atoms with van der Waals surface area (Å²) < 4.78 is 0. The average Bonchev–Trinajstić information content (AvgIpc) is 2.27. The van der Waals surface area contributed by atoms with E-state index in [4.69, 9.17) is 0 Å². The molecular weight excluding hydrogens is 196 g/mol. The summed E-state index contributed by atoms with van der Waals surface area (Å²) in [5.41, 5.74) is 4.52. The zero-order valence-corrected chi connectivity index (χ0v) is 10.7. The molecule has 88 valence electrons. The lowest BCUT2D eigenvalue weighted by atomic mass is 9.97. The van der Waals surface area contributed by atoms with Crippen molar-refractivity contribution in [3.63, 3.8) is 0 Å². The normalized spacial score (nSPS) is 16.5. The molecule has 1 aliphatic rings. The van der Waals surface area contributed by atoms with Crippen molar-refractivity contribution in [3.05, 3.63) is 34.9 Å².